The zero-order chi connectivity index (χ0) is 12.7. The van der Waals surface area contributed by atoms with Crippen LogP contribution < -0.4 is 5.32 Å². The number of aryl methyl sites for hydroxylation is 1. The lowest BCUT2D eigenvalue weighted by Gasteiger charge is -2.12. The van der Waals surface area contributed by atoms with Gasteiger partial charge in [0.1, 0.15) is 0 Å². The highest BCUT2D eigenvalue weighted by atomic mass is 19.2. The second kappa shape index (κ2) is 7.38. The van der Waals surface area contributed by atoms with Gasteiger partial charge in [-0.2, -0.15) is 0 Å². The molecule has 1 aromatic carbocycles. The minimum atomic E-state index is -0.750. The van der Waals surface area contributed by atoms with Gasteiger partial charge in [0.25, 0.3) is 0 Å². The van der Waals surface area contributed by atoms with Gasteiger partial charge in [-0.05, 0) is 50.8 Å². The van der Waals surface area contributed by atoms with Gasteiger partial charge in [-0.15, -0.1) is 0 Å². The smallest absolute Gasteiger partial charge is 0.162 e. The third kappa shape index (κ3) is 4.82. The van der Waals surface area contributed by atoms with Crippen LogP contribution in [0.1, 0.15) is 38.7 Å². The number of halogens is 2. The molecule has 0 heterocycles. The Labute approximate surface area is 102 Å². The normalized spacial score (nSPS) is 12.7. The van der Waals surface area contributed by atoms with E-state index < -0.39 is 11.6 Å². The van der Waals surface area contributed by atoms with Crippen LogP contribution in [0.25, 0.3) is 0 Å². The topological polar surface area (TPSA) is 12.0 Å². The molecular formula is C14H21F2N. The molecule has 1 rings (SSSR count). The molecule has 1 aromatic rings. The summed E-state index contributed by atoms with van der Waals surface area (Å²) in [6, 6.07) is 4.81. The van der Waals surface area contributed by atoms with Crippen LogP contribution in [0.15, 0.2) is 18.2 Å². The van der Waals surface area contributed by atoms with Crippen molar-refractivity contribution in [2.75, 3.05) is 6.54 Å². The zero-order valence-corrected chi connectivity index (χ0v) is 10.6. The molecule has 0 saturated carbocycles. The fourth-order valence-electron chi connectivity index (χ4n) is 1.83. The number of hydrogen-bond acceptors (Lipinski definition) is 1. The van der Waals surface area contributed by atoms with Gasteiger partial charge in [0, 0.05) is 6.04 Å². The molecule has 0 spiro atoms. The zero-order valence-electron chi connectivity index (χ0n) is 10.6. The third-order valence-electron chi connectivity index (χ3n) is 2.86. The number of nitrogens with one attached hydrogen (secondary N) is 1. The van der Waals surface area contributed by atoms with Crippen LogP contribution in [0.3, 0.4) is 0 Å². The largest absolute Gasteiger partial charge is 0.314 e. The Morgan fingerprint density at radius 2 is 2.06 bits per heavy atom. The van der Waals surface area contributed by atoms with Gasteiger partial charge in [-0.25, -0.2) is 8.78 Å². The van der Waals surface area contributed by atoms with Gasteiger partial charge < -0.3 is 5.32 Å². The fraction of sp³-hybridized carbons (Fsp3) is 0.571. The van der Waals surface area contributed by atoms with E-state index in [1.807, 2.05) is 0 Å². The Bertz CT molecular complexity index is 339. The Kier molecular flexibility index (Phi) is 6.12. The molecule has 1 N–H and O–H groups in total. The van der Waals surface area contributed by atoms with Crippen molar-refractivity contribution in [2.24, 2.45) is 0 Å². The van der Waals surface area contributed by atoms with E-state index in [0.717, 1.165) is 31.9 Å². The van der Waals surface area contributed by atoms with Gasteiger partial charge in [0.05, 0.1) is 0 Å². The minimum absolute atomic E-state index is 0.437. The highest BCUT2D eigenvalue weighted by Crippen LogP contribution is 2.14. The van der Waals surface area contributed by atoms with Crippen molar-refractivity contribution in [2.45, 2.75) is 45.6 Å². The number of hydrogen-bond donors (Lipinski definition) is 1. The second-order valence-corrected chi connectivity index (χ2v) is 4.46. The monoisotopic (exact) mass is 241 g/mol. The van der Waals surface area contributed by atoms with Crippen molar-refractivity contribution >= 4 is 0 Å². The quantitative estimate of drug-likeness (QED) is 0.768. The number of rotatable bonds is 7. The van der Waals surface area contributed by atoms with Crippen LogP contribution in [0.2, 0.25) is 0 Å². The lowest BCUT2D eigenvalue weighted by Crippen LogP contribution is -2.26. The first-order valence-corrected chi connectivity index (χ1v) is 6.31. The summed E-state index contributed by atoms with van der Waals surface area (Å²) >= 11 is 0. The third-order valence-corrected chi connectivity index (χ3v) is 2.86. The van der Waals surface area contributed by atoms with Crippen molar-refractivity contribution < 1.29 is 8.78 Å². The van der Waals surface area contributed by atoms with Gasteiger partial charge >= 0.3 is 0 Å². The SMILES string of the molecule is CCCNC(C)CCCc1cccc(F)c1F. The Balaban J connectivity index is 2.33. The number of benzene rings is 1. The molecule has 0 aliphatic carbocycles. The average molecular weight is 241 g/mol. The summed E-state index contributed by atoms with van der Waals surface area (Å²) in [5.74, 6) is -1.44. The van der Waals surface area contributed by atoms with Crippen molar-refractivity contribution in [1.82, 2.24) is 5.32 Å². The van der Waals surface area contributed by atoms with E-state index in [4.69, 9.17) is 0 Å². The molecule has 96 valence electrons. The first-order chi connectivity index (χ1) is 8.15. The van der Waals surface area contributed by atoms with E-state index in [-0.39, 0.29) is 0 Å². The summed E-state index contributed by atoms with van der Waals surface area (Å²) < 4.78 is 26.3. The summed E-state index contributed by atoms with van der Waals surface area (Å²) in [5, 5.41) is 3.38. The first-order valence-electron chi connectivity index (χ1n) is 6.31. The van der Waals surface area contributed by atoms with Crippen LogP contribution in [-0.2, 0) is 6.42 Å². The predicted octanol–water partition coefficient (Wildman–Crippen LogP) is 3.68. The minimum Gasteiger partial charge on any atom is -0.314 e. The van der Waals surface area contributed by atoms with Crippen molar-refractivity contribution in [3.8, 4) is 0 Å². The van der Waals surface area contributed by atoms with E-state index in [0.29, 0.717) is 18.0 Å². The van der Waals surface area contributed by atoms with Crippen LogP contribution in [0, 0.1) is 11.6 Å². The molecule has 0 aromatic heterocycles. The van der Waals surface area contributed by atoms with Gasteiger partial charge in [-0.1, -0.05) is 19.1 Å². The van der Waals surface area contributed by atoms with E-state index >= 15 is 0 Å². The lowest BCUT2D eigenvalue weighted by atomic mass is 10.0. The molecule has 0 fully saturated rings. The lowest BCUT2D eigenvalue weighted by molar-refractivity contribution is 0.480. The molecule has 17 heavy (non-hydrogen) atoms. The van der Waals surface area contributed by atoms with E-state index in [1.54, 1.807) is 12.1 Å². The summed E-state index contributed by atoms with van der Waals surface area (Å²) in [6.45, 7) is 5.26. The molecule has 1 atom stereocenters. The van der Waals surface area contributed by atoms with Gasteiger partial charge in [0.15, 0.2) is 11.6 Å². The van der Waals surface area contributed by atoms with E-state index in [2.05, 4.69) is 19.2 Å². The van der Waals surface area contributed by atoms with Crippen LogP contribution in [-0.4, -0.2) is 12.6 Å². The summed E-state index contributed by atoms with van der Waals surface area (Å²) in [5.41, 5.74) is 0.479. The van der Waals surface area contributed by atoms with Crippen LogP contribution >= 0.6 is 0 Å². The average Bonchev–Trinajstić information content (AvgIpc) is 2.32. The Morgan fingerprint density at radius 3 is 2.76 bits per heavy atom. The maximum atomic E-state index is 13.3. The Morgan fingerprint density at radius 1 is 1.29 bits per heavy atom. The second-order valence-electron chi connectivity index (χ2n) is 4.46. The predicted molar refractivity (Wildman–Crippen MR) is 67.1 cm³/mol. The molecule has 0 saturated heterocycles. The van der Waals surface area contributed by atoms with E-state index in [1.165, 1.54) is 0 Å². The summed E-state index contributed by atoms with van der Waals surface area (Å²) in [4.78, 5) is 0. The molecule has 3 heteroatoms. The van der Waals surface area contributed by atoms with Crippen molar-refractivity contribution in [1.29, 1.82) is 0 Å². The molecular weight excluding hydrogens is 220 g/mol. The molecule has 0 bridgehead atoms. The highest BCUT2D eigenvalue weighted by molar-refractivity contribution is 5.18. The molecule has 1 nitrogen and oxygen atoms in total. The fourth-order valence-corrected chi connectivity index (χ4v) is 1.83. The molecule has 0 aliphatic heterocycles. The summed E-state index contributed by atoms with van der Waals surface area (Å²) in [6.07, 6.45) is 3.57. The highest BCUT2D eigenvalue weighted by Gasteiger charge is 2.07. The van der Waals surface area contributed by atoms with Crippen molar-refractivity contribution in [3.63, 3.8) is 0 Å². The van der Waals surface area contributed by atoms with Gasteiger partial charge in [-0.3, -0.25) is 0 Å². The molecule has 0 aliphatic rings. The Hall–Kier alpha value is -0.960. The molecule has 0 radical (unpaired) electrons. The van der Waals surface area contributed by atoms with Crippen LogP contribution in [0.4, 0.5) is 8.78 Å². The maximum Gasteiger partial charge on any atom is 0.162 e. The van der Waals surface area contributed by atoms with E-state index in [9.17, 15) is 8.78 Å². The maximum absolute atomic E-state index is 13.3. The van der Waals surface area contributed by atoms with Gasteiger partial charge in [0.2, 0.25) is 0 Å². The molecule has 0 amide bonds. The summed E-state index contributed by atoms with van der Waals surface area (Å²) in [7, 11) is 0. The van der Waals surface area contributed by atoms with Crippen molar-refractivity contribution in [3.05, 3.63) is 35.4 Å². The first kappa shape index (κ1) is 14.1. The van der Waals surface area contributed by atoms with Crippen LogP contribution in [0.5, 0.6) is 0 Å². The standard InChI is InChI=1S/C14H21F2N/c1-3-10-17-11(2)6-4-7-12-8-5-9-13(15)14(12)16/h5,8-9,11,17H,3-4,6-7,10H2,1-2H3. The molecule has 1 unspecified atom stereocenters.